The van der Waals surface area contributed by atoms with Gasteiger partial charge in [0.25, 0.3) is 0 Å². The van der Waals surface area contributed by atoms with Crippen LogP contribution in [0.3, 0.4) is 0 Å². The Morgan fingerprint density at radius 1 is 1.50 bits per heavy atom. The summed E-state index contributed by atoms with van der Waals surface area (Å²) in [6.07, 6.45) is 0.936. The summed E-state index contributed by atoms with van der Waals surface area (Å²) in [4.78, 5) is 11.2. The maximum absolute atomic E-state index is 11.2. The van der Waals surface area contributed by atoms with Crippen LogP contribution in [0.2, 0.25) is 0 Å². The fourth-order valence-corrected chi connectivity index (χ4v) is 1.38. The van der Waals surface area contributed by atoms with Crippen molar-refractivity contribution in [2.75, 3.05) is 11.9 Å². The number of anilines is 1. The van der Waals surface area contributed by atoms with Crippen molar-refractivity contribution in [3.63, 3.8) is 0 Å². The number of halogens is 1. The molecule has 0 aliphatic heterocycles. The van der Waals surface area contributed by atoms with Gasteiger partial charge < -0.3 is 10.6 Å². The van der Waals surface area contributed by atoms with E-state index in [2.05, 4.69) is 26.6 Å². The van der Waals surface area contributed by atoms with Crippen LogP contribution >= 0.6 is 15.9 Å². The van der Waals surface area contributed by atoms with Gasteiger partial charge in [0.2, 0.25) is 0 Å². The van der Waals surface area contributed by atoms with E-state index >= 15 is 0 Å². The second-order valence-electron chi connectivity index (χ2n) is 2.89. The molecule has 0 aromatic heterocycles. The molecule has 0 saturated carbocycles. The molecule has 1 aromatic carbocycles. The minimum absolute atomic E-state index is 0.162. The highest BCUT2D eigenvalue weighted by atomic mass is 79.9. The molecule has 0 saturated heterocycles. The van der Waals surface area contributed by atoms with Crippen LogP contribution in [0, 0.1) is 0 Å². The molecule has 0 atom stereocenters. The second kappa shape index (κ2) is 5.65. The predicted molar refractivity (Wildman–Crippen MR) is 61.5 cm³/mol. The lowest BCUT2D eigenvalue weighted by Crippen LogP contribution is -2.29. The Morgan fingerprint density at radius 3 is 2.93 bits per heavy atom. The van der Waals surface area contributed by atoms with E-state index in [1.807, 2.05) is 31.2 Å². The topological polar surface area (TPSA) is 41.1 Å². The Morgan fingerprint density at radius 2 is 2.29 bits per heavy atom. The molecule has 3 nitrogen and oxygen atoms in total. The highest BCUT2D eigenvalue weighted by Crippen LogP contribution is 2.15. The first-order chi connectivity index (χ1) is 6.72. The van der Waals surface area contributed by atoms with Crippen LogP contribution < -0.4 is 10.6 Å². The van der Waals surface area contributed by atoms with Gasteiger partial charge in [0.05, 0.1) is 0 Å². The van der Waals surface area contributed by atoms with Crippen LogP contribution in [0.1, 0.15) is 13.3 Å². The highest BCUT2D eigenvalue weighted by Gasteiger charge is 1.99. The number of hydrogen-bond donors (Lipinski definition) is 2. The molecule has 0 radical (unpaired) electrons. The summed E-state index contributed by atoms with van der Waals surface area (Å²) >= 11 is 3.33. The van der Waals surface area contributed by atoms with E-state index in [9.17, 15) is 4.79 Å². The minimum Gasteiger partial charge on any atom is -0.338 e. The number of carbonyl (C=O) groups excluding carboxylic acids is 1. The summed E-state index contributed by atoms with van der Waals surface area (Å²) in [6, 6.07) is 7.32. The number of benzene rings is 1. The van der Waals surface area contributed by atoms with Gasteiger partial charge in [0.1, 0.15) is 0 Å². The molecule has 0 spiro atoms. The maximum atomic E-state index is 11.2. The largest absolute Gasteiger partial charge is 0.338 e. The molecule has 0 unspecified atom stereocenters. The standard InChI is InChI=1S/C10H13BrN2O/c1-2-6-12-10(14)13-9-5-3-4-8(11)7-9/h3-5,7H,2,6H2,1H3,(H2,12,13,14). The number of rotatable bonds is 3. The number of hydrogen-bond acceptors (Lipinski definition) is 1. The number of nitrogens with one attached hydrogen (secondary N) is 2. The molecule has 0 aliphatic carbocycles. The van der Waals surface area contributed by atoms with Crippen LogP contribution in [0.5, 0.6) is 0 Å². The number of carbonyl (C=O) groups is 1. The molecular weight excluding hydrogens is 244 g/mol. The molecule has 0 heterocycles. The van der Waals surface area contributed by atoms with Gasteiger partial charge in [-0.2, -0.15) is 0 Å². The lowest BCUT2D eigenvalue weighted by molar-refractivity contribution is 0.252. The van der Waals surface area contributed by atoms with Crippen molar-refractivity contribution in [3.8, 4) is 0 Å². The van der Waals surface area contributed by atoms with E-state index in [-0.39, 0.29) is 6.03 Å². The Bertz CT molecular complexity index is 315. The molecule has 0 aliphatic rings. The van der Waals surface area contributed by atoms with Gasteiger partial charge in [0, 0.05) is 16.7 Å². The Hall–Kier alpha value is -1.03. The van der Waals surface area contributed by atoms with Crippen molar-refractivity contribution >= 4 is 27.6 Å². The Kier molecular flexibility index (Phi) is 4.46. The van der Waals surface area contributed by atoms with Crippen LogP contribution in [0.15, 0.2) is 28.7 Å². The van der Waals surface area contributed by atoms with Crippen LogP contribution in [0.25, 0.3) is 0 Å². The van der Waals surface area contributed by atoms with Crippen molar-refractivity contribution in [3.05, 3.63) is 28.7 Å². The van der Waals surface area contributed by atoms with Gasteiger partial charge in [-0.25, -0.2) is 4.79 Å². The average Bonchev–Trinajstić information content (AvgIpc) is 2.15. The lowest BCUT2D eigenvalue weighted by Gasteiger charge is -2.06. The van der Waals surface area contributed by atoms with Crippen molar-refractivity contribution < 1.29 is 4.79 Å². The monoisotopic (exact) mass is 256 g/mol. The van der Waals surface area contributed by atoms with E-state index < -0.39 is 0 Å². The first kappa shape index (κ1) is 11.0. The van der Waals surface area contributed by atoms with Crippen molar-refractivity contribution in [2.24, 2.45) is 0 Å². The maximum Gasteiger partial charge on any atom is 0.319 e. The fourth-order valence-electron chi connectivity index (χ4n) is 0.980. The summed E-state index contributed by atoms with van der Waals surface area (Å²) in [5, 5.41) is 5.47. The van der Waals surface area contributed by atoms with E-state index in [0.29, 0.717) is 6.54 Å². The second-order valence-corrected chi connectivity index (χ2v) is 3.81. The molecule has 1 rings (SSSR count). The number of urea groups is 1. The van der Waals surface area contributed by atoms with Gasteiger partial charge in [-0.1, -0.05) is 28.9 Å². The first-order valence-electron chi connectivity index (χ1n) is 4.53. The van der Waals surface area contributed by atoms with E-state index in [1.165, 1.54) is 0 Å². The molecule has 0 bridgehead atoms. The summed E-state index contributed by atoms with van der Waals surface area (Å²) in [5.74, 6) is 0. The SMILES string of the molecule is CCCNC(=O)Nc1cccc(Br)c1. The van der Waals surface area contributed by atoms with Crippen LogP contribution in [-0.4, -0.2) is 12.6 Å². The quantitative estimate of drug-likeness (QED) is 0.858. The molecule has 0 fully saturated rings. The van der Waals surface area contributed by atoms with Gasteiger partial charge in [-0.3, -0.25) is 0 Å². The van der Waals surface area contributed by atoms with E-state index in [4.69, 9.17) is 0 Å². The molecule has 2 amide bonds. The van der Waals surface area contributed by atoms with E-state index in [1.54, 1.807) is 0 Å². The summed E-state index contributed by atoms with van der Waals surface area (Å²) in [5.41, 5.74) is 0.785. The Labute approximate surface area is 92.0 Å². The van der Waals surface area contributed by atoms with Crippen LogP contribution in [-0.2, 0) is 0 Å². The van der Waals surface area contributed by atoms with Crippen molar-refractivity contribution in [1.29, 1.82) is 0 Å². The molecular formula is C10H13BrN2O. The lowest BCUT2D eigenvalue weighted by atomic mass is 10.3. The summed E-state index contributed by atoms with van der Waals surface area (Å²) < 4.78 is 0.950. The van der Waals surface area contributed by atoms with Crippen LogP contribution in [0.4, 0.5) is 10.5 Å². The smallest absolute Gasteiger partial charge is 0.319 e. The van der Waals surface area contributed by atoms with Gasteiger partial charge in [-0.05, 0) is 24.6 Å². The molecule has 2 N–H and O–H groups in total. The van der Waals surface area contributed by atoms with Gasteiger partial charge >= 0.3 is 6.03 Å². The van der Waals surface area contributed by atoms with Gasteiger partial charge in [0.15, 0.2) is 0 Å². The molecule has 1 aromatic rings. The third-order valence-electron chi connectivity index (χ3n) is 1.62. The van der Waals surface area contributed by atoms with E-state index in [0.717, 1.165) is 16.6 Å². The third kappa shape index (κ3) is 3.79. The van der Waals surface area contributed by atoms with Crippen molar-refractivity contribution in [2.45, 2.75) is 13.3 Å². The molecule has 4 heteroatoms. The molecule has 14 heavy (non-hydrogen) atoms. The van der Waals surface area contributed by atoms with Crippen molar-refractivity contribution in [1.82, 2.24) is 5.32 Å². The first-order valence-corrected chi connectivity index (χ1v) is 5.32. The predicted octanol–water partition coefficient (Wildman–Crippen LogP) is 2.98. The number of amides is 2. The van der Waals surface area contributed by atoms with Gasteiger partial charge in [-0.15, -0.1) is 0 Å². The zero-order valence-electron chi connectivity index (χ0n) is 8.01. The summed E-state index contributed by atoms with van der Waals surface area (Å²) in [7, 11) is 0. The zero-order chi connectivity index (χ0) is 10.4. The molecule has 76 valence electrons. The fraction of sp³-hybridized carbons (Fsp3) is 0.300. The third-order valence-corrected chi connectivity index (χ3v) is 2.11. The average molecular weight is 257 g/mol. The normalized spacial score (nSPS) is 9.57. The Balaban J connectivity index is 2.47. The zero-order valence-corrected chi connectivity index (χ0v) is 9.60. The minimum atomic E-state index is -0.162. The summed E-state index contributed by atoms with van der Waals surface area (Å²) in [6.45, 7) is 2.71. The highest BCUT2D eigenvalue weighted by molar-refractivity contribution is 9.10.